The van der Waals surface area contributed by atoms with E-state index in [1.807, 2.05) is 24.3 Å². The van der Waals surface area contributed by atoms with E-state index in [-0.39, 0.29) is 27.9 Å². The summed E-state index contributed by atoms with van der Waals surface area (Å²) in [5.41, 5.74) is 7.89. The van der Waals surface area contributed by atoms with E-state index < -0.39 is 14.1 Å². The molecule has 28 heavy (non-hydrogen) atoms. The Morgan fingerprint density at radius 1 is 1.32 bits per heavy atom. The number of nitrogen functional groups attached to an aromatic ring is 1. The molecule has 1 aliphatic rings. The van der Waals surface area contributed by atoms with Crippen LogP contribution in [0.2, 0.25) is 23.7 Å². The fraction of sp³-hybridized carbons (Fsp3) is 0.450. The van der Waals surface area contributed by atoms with Crippen LogP contribution >= 0.6 is 15.9 Å². The average Bonchev–Trinajstić information content (AvgIpc) is 3.14. The van der Waals surface area contributed by atoms with Gasteiger partial charge in [0.05, 0.1) is 14.7 Å². The fourth-order valence-electron chi connectivity index (χ4n) is 3.52. The zero-order valence-electron chi connectivity index (χ0n) is 16.8. The molecule has 8 heteroatoms. The number of anilines is 1. The first kappa shape index (κ1) is 20.6. The summed E-state index contributed by atoms with van der Waals surface area (Å²) in [6.45, 7) is 11.5. The predicted molar refractivity (Wildman–Crippen MR) is 115 cm³/mol. The Balaban J connectivity index is 2.13. The van der Waals surface area contributed by atoms with Crippen molar-refractivity contribution >= 4 is 35.8 Å². The topological polar surface area (TPSA) is 93.9 Å². The maximum Gasteiger partial charge on any atom is 0.331 e. The summed E-state index contributed by atoms with van der Waals surface area (Å²) in [7, 11) is -1.94. The molecule has 0 unspecified atom stereocenters. The van der Waals surface area contributed by atoms with Crippen LogP contribution in [0.3, 0.4) is 0 Å². The van der Waals surface area contributed by atoms with Gasteiger partial charge in [0.2, 0.25) is 0 Å². The van der Waals surface area contributed by atoms with Crippen LogP contribution in [0.4, 0.5) is 5.82 Å². The van der Waals surface area contributed by atoms with E-state index in [1.165, 1.54) is 4.68 Å². The molecule has 6 nitrogen and oxygen atoms in total. The van der Waals surface area contributed by atoms with Gasteiger partial charge in [0, 0.05) is 15.6 Å². The Kier molecular flexibility index (Phi) is 5.19. The van der Waals surface area contributed by atoms with E-state index in [9.17, 15) is 10.1 Å². The number of halogens is 1. The number of carbonyl (C=O) groups is 1. The van der Waals surface area contributed by atoms with Gasteiger partial charge in [-0.3, -0.25) is 0 Å². The lowest BCUT2D eigenvalue weighted by molar-refractivity contribution is -0.140. The fourth-order valence-corrected chi connectivity index (χ4v) is 6.47. The van der Waals surface area contributed by atoms with Gasteiger partial charge in [0.15, 0.2) is 6.04 Å². The number of aromatic nitrogens is 2. The van der Waals surface area contributed by atoms with Crippen LogP contribution in [0.15, 0.2) is 28.7 Å². The van der Waals surface area contributed by atoms with Gasteiger partial charge in [-0.2, -0.15) is 10.4 Å². The molecule has 0 spiro atoms. The molecular formula is C20H25BrN4O2Si. The summed E-state index contributed by atoms with van der Waals surface area (Å²) in [6, 6.07) is 9.07. The molecule has 0 amide bonds. The second kappa shape index (κ2) is 7.05. The smallest absolute Gasteiger partial charge is 0.331 e. The van der Waals surface area contributed by atoms with Crippen molar-refractivity contribution in [3.63, 3.8) is 0 Å². The maximum atomic E-state index is 12.7. The van der Waals surface area contributed by atoms with Crippen molar-refractivity contribution in [1.29, 1.82) is 5.26 Å². The van der Waals surface area contributed by atoms with Crippen LogP contribution in [-0.4, -0.2) is 30.4 Å². The first-order chi connectivity index (χ1) is 13.0. The molecule has 1 aromatic carbocycles. The van der Waals surface area contributed by atoms with Crippen LogP contribution in [0.25, 0.3) is 11.3 Å². The quantitative estimate of drug-likeness (QED) is 0.526. The summed E-state index contributed by atoms with van der Waals surface area (Å²) in [4.78, 5) is 12.7. The third-order valence-electron chi connectivity index (χ3n) is 6.33. The lowest BCUT2D eigenvalue weighted by Gasteiger charge is -2.42. The highest BCUT2D eigenvalue weighted by Gasteiger charge is 2.53. The number of hydrogen-bond acceptors (Lipinski definition) is 5. The molecule has 1 aliphatic heterocycles. The minimum atomic E-state index is -1.94. The van der Waals surface area contributed by atoms with E-state index in [2.05, 4.69) is 61.0 Å². The second-order valence-electron chi connectivity index (χ2n) is 8.83. The van der Waals surface area contributed by atoms with E-state index in [4.69, 9.17) is 10.5 Å². The lowest BCUT2D eigenvalue weighted by atomic mass is 10.1. The number of esters is 1. The van der Waals surface area contributed by atoms with Crippen LogP contribution in [-0.2, 0) is 9.53 Å². The number of nitrogens with two attached hydrogens (primary N) is 1. The Hall–Kier alpha value is -2.11. The van der Waals surface area contributed by atoms with E-state index in [0.717, 1.165) is 10.0 Å². The molecule has 148 valence electrons. The molecule has 0 saturated carbocycles. The molecule has 3 rings (SSSR count). The number of benzene rings is 1. The molecule has 0 aliphatic carbocycles. The third-order valence-corrected chi connectivity index (χ3v) is 13.1. The first-order valence-corrected chi connectivity index (χ1v) is 13.1. The van der Waals surface area contributed by atoms with Crippen LogP contribution in [0, 0.1) is 11.3 Å². The highest BCUT2D eigenvalue weighted by molar-refractivity contribution is 9.10. The number of cyclic esters (lactones) is 1. The number of nitrogens with zero attached hydrogens (tertiary/aromatic N) is 3. The highest BCUT2D eigenvalue weighted by Crippen LogP contribution is 2.51. The van der Waals surface area contributed by atoms with Gasteiger partial charge in [-0.15, -0.1) is 0 Å². The number of rotatable bonds is 3. The van der Waals surface area contributed by atoms with Gasteiger partial charge in [-0.1, -0.05) is 61.9 Å². The summed E-state index contributed by atoms with van der Waals surface area (Å²) >= 11 is 3.41. The molecule has 2 N–H and O–H groups in total. The first-order valence-electron chi connectivity index (χ1n) is 9.19. The van der Waals surface area contributed by atoms with Gasteiger partial charge in [0.1, 0.15) is 23.1 Å². The molecule has 1 aromatic heterocycles. The molecule has 2 aromatic rings. The monoisotopic (exact) mass is 460 g/mol. The Labute approximate surface area is 174 Å². The Bertz CT molecular complexity index is 954. The van der Waals surface area contributed by atoms with Crippen molar-refractivity contribution in [3.05, 3.63) is 34.3 Å². The highest BCUT2D eigenvalue weighted by atomic mass is 79.9. The Morgan fingerprint density at radius 2 is 1.93 bits per heavy atom. The zero-order valence-corrected chi connectivity index (χ0v) is 19.4. The average molecular weight is 461 g/mol. The van der Waals surface area contributed by atoms with Crippen molar-refractivity contribution in [1.82, 2.24) is 9.78 Å². The van der Waals surface area contributed by atoms with Gasteiger partial charge in [0.25, 0.3) is 0 Å². The summed E-state index contributed by atoms with van der Waals surface area (Å²) in [5.74, 6) is -0.108. The molecule has 0 radical (unpaired) electrons. The van der Waals surface area contributed by atoms with E-state index in [1.54, 1.807) is 0 Å². The maximum absolute atomic E-state index is 12.7. The van der Waals surface area contributed by atoms with E-state index in [0.29, 0.717) is 12.3 Å². The molecule has 1 saturated heterocycles. The minimum absolute atomic E-state index is 0.0199. The number of ether oxygens (including phenoxy) is 1. The van der Waals surface area contributed by atoms with Crippen LogP contribution in [0.1, 0.15) is 32.4 Å². The summed E-state index contributed by atoms with van der Waals surface area (Å²) < 4.78 is 7.92. The predicted octanol–water partition coefficient (Wildman–Crippen LogP) is 4.74. The van der Waals surface area contributed by atoms with Crippen molar-refractivity contribution < 1.29 is 9.53 Å². The van der Waals surface area contributed by atoms with Gasteiger partial charge < -0.3 is 10.5 Å². The van der Waals surface area contributed by atoms with Gasteiger partial charge in [-0.05, 0) is 17.2 Å². The van der Waals surface area contributed by atoms with Crippen molar-refractivity contribution in [3.8, 4) is 17.3 Å². The standard InChI is InChI=1S/C20H25BrN4O2Si/c1-20(2,3)28(4,5)15-11-27-19(26)17(15)25-18(23)14(10-22)16(24-25)12-6-8-13(21)9-7-12/h6-9,15,17H,11,23H2,1-5H3/t15-,17+/m1/s1. The van der Waals surface area contributed by atoms with Gasteiger partial charge in [-0.25, -0.2) is 9.48 Å². The number of nitriles is 1. The molecule has 1 fully saturated rings. The normalized spacial score (nSPS) is 20.1. The van der Waals surface area contributed by atoms with Crippen molar-refractivity contribution in [2.75, 3.05) is 12.3 Å². The molecular weight excluding hydrogens is 436 g/mol. The molecule has 2 atom stereocenters. The third kappa shape index (κ3) is 3.27. The van der Waals surface area contributed by atoms with Crippen molar-refractivity contribution in [2.24, 2.45) is 0 Å². The summed E-state index contributed by atoms with van der Waals surface area (Å²) in [6.07, 6.45) is 0. The van der Waals surface area contributed by atoms with Gasteiger partial charge >= 0.3 is 5.97 Å². The van der Waals surface area contributed by atoms with Crippen molar-refractivity contribution in [2.45, 2.75) is 50.5 Å². The number of hydrogen-bond donors (Lipinski definition) is 1. The van der Waals surface area contributed by atoms with Crippen LogP contribution < -0.4 is 5.73 Å². The molecule has 2 heterocycles. The lowest BCUT2D eigenvalue weighted by Crippen LogP contribution is -2.46. The van der Waals surface area contributed by atoms with Crippen LogP contribution in [0.5, 0.6) is 0 Å². The number of carbonyl (C=O) groups excluding carboxylic acids is 1. The van der Waals surface area contributed by atoms with E-state index >= 15 is 0 Å². The minimum Gasteiger partial charge on any atom is -0.464 e. The zero-order chi connectivity index (χ0) is 20.9. The SMILES string of the molecule is CC(C)(C)[Si](C)(C)[C@@H]1COC(=O)[C@H]1n1nc(-c2ccc(Br)cc2)c(C#N)c1N. The Morgan fingerprint density at radius 3 is 2.46 bits per heavy atom. The largest absolute Gasteiger partial charge is 0.464 e. The molecule has 0 bridgehead atoms. The summed E-state index contributed by atoms with van der Waals surface area (Å²) in [5, 5.41) is 14.4. The second-order valence-corrected chi connectivity index (χ2v) is 15.4.